The lowest BCUT2D eigenvalue weighted by atomic mass is 9.91. The van der Waals surface area contributed by atoms with Gasteiger partial charge in [0.25, 0.3) is 0 Å². The van der Waals surface area contributed by atoms with E-state index in [1.54, 1.807) is 0 Å². The maximum Gasteiger partial charge on any atom is 0.306 e. The minimum absolute atomic E-state index is 0.0487. The number of cyclic esters (lactones) is 1. The number of esters is 1. The topological polar surface area (TPSA) is 26.3 Å². The second kappa shape index (κ2) is 4.28. The van der Waals surface area contributed by atoms with Gasteiger partial charge in [-0.2, -0.15) is 0 Å². The van der Waals surface area contributed by atoms with Crippen molar-refractivity contribution < 1.29 is 9.53 Å². The molecule has 2 nitrogen and oxygen atoms in total. The molecule has 2 rings (SSSR count). The van der Waals surface area contributed by atoms with Gasteiger partial charge in [-0.25, -0.2) is 0 Å². The molecule has 1 aromatic rings. The molecule has 0 aromatic heterocycles. The van der Waals surface area contributed by atoms with Crippen molar-refractivity contribution >= 4 is 5.97 Å². The van der Waals surface area contributed by atoms with Gasteiger partial charge in [0.2, 0.25) is 0 Å². The first-order valence-electron chi connectivity index (χ1n) is 5.78. The Kier molecular flexibility index (Phi) is 2.99. The van der Waals surface area contributed by atoms with Gasteiger partial charge in [-0.05, 0) is 43.9 Å². The van der Waals surface area contributed by atoms with Gasteiger partial charge in [0.05, 0.1) is 13.0 Å². The molecule has 1 aliphatic heterocycles. The molecule has 0 N–H and O–H groups in total. The van der Waals surface area contributed by atoms with Crippen molar-refractivity contribution in [3.05, 3.63) is 34.4 Å². The van der Waals surface area contributed by atoms with E-state index in [2.05, 4.69) is 32.9 Å². The molecule has 0 spiro atoms. The third kappa shape index (κ3) is 2.26. The minimum atomic E-state index is -0.0487. The van der Waals surface area contributed by atoms with Gasteiger partial charge < -0.3 is 4.74 Å². The maximum atomic E-state index is 11.0. The third-order valence-corrected chi connectivity index (χ3v) is 3.27. The van der Waals surface area contributed by atoms with Gasteiger partial charge in [0, 0.05) is 5.92 Å². The lowest BCUT2D eigenvalue weighted by molar-refractivity contribution is -0.137. The molecule has 0 bridgehead atoms. The van der Waals surface area contributed by atoms with Crippen molar-refractivity contribution in [1.29, 1.82) is 0 Å². The Bertz CT molecular complexity index is 398. The average Bonchev–Trinajstić information content (AvgIpc) is 2.58. The Labute approximate surface area is 96.6 Å². The van der Waals surface area contributed by atoms with Crippen LogP contribution in [-0.2, 0) is 16.0 Å². The zero-order valence-corrected chi connectivity index (χ0v) is 10.2. The summed E-state index contributed by atoms with van der Waals surface area (Å²) in [5.74, 6) is 0.319. The summed E-state index contributed by atoms with van der Waals surface area (Å²) in [6, 6.07) is 4.42. The van der Waals surface area contributed by atoms with E-state index in [9.17, 15) is 4.79 Å². The van der Waals surface area contributed by atoms with Gasteiger partial charge in [-0.1, -0.05) is 17.7 Å². The van der Waals surface area contributed by atoms with E-state index in [0.717, 1.165) is 6.42 Å². The molecular weight excluding hydrogens is 200 g/mol. The quantitative estimate of drug-likeness (QED) is 0.713. The van der Waals surface area contributed by atoms with Gasteiger partial charge in [-0.15, -0.1) is 0 Å². The third-order valence-electron chi connectivity index (χ3n) is 3.27. The fourth-order valence-corrected chi connectivity index (χ4v) is 2.52. The number of carbonyl (C=O) groups is 1. The van der Waals surface area contributed by atoms with Crippen LogP contribution in [0.1, 0.15) is 28.7 Å². The fourth-order valence-electron chi connectivity index (χ4n) is 2.52. The Morgan fingerprint density at radius 2 is 1.88 bits per heavy atom. The molecule has 1 fully saturated rings. The first-order chi connectivity index (χ1) is 7.56. The Hall–Kier alpha value is -1.31. The summed E-state index contributed by atoms with van der Waals surface area (Å²) in [4.78, 5) is 11.0. The first-order valence-corrected chi connectivity index (χ1v) is 5.78. The standard InChI is InChI=1S/C14H18O2/c1-9-4-10(2)13(11(3)5-9)6-12-7-14(15)16-8-12/h4-5,12H,6-8H2,1-3H3/t12-/m1/s1. The van der Waals surface area contributed by atoms with Crippen molar-refractivity contribution in [1.82, 2.24) is 0 Å². The molecule has 1 atom stereocenters. The van der Waals surface area contributed by atoms with Gasteiger partial charge in [0.15, 0.2) is 0 Å². The van der Waals surface area contributed by atoms with Gasteiger partial charge >= 0.3 is 5.97 Å². The Morgan fingerprint density at radius 1 is 1.25 bits per heavy atom. The summed E-state index contributed by atoms with van der Waals surface area (Å²) in [5.41, 5.74) is 5.35. The lowest BCUT2D eigenvalue weighted by Crippen LogP contribution is -2.07. The number of carbonyl (C=O) groups excluding carboxylic acids is 1. The normalized spacial score (nSPS) is 19.9. The highest BCUT2D eigenvalue weighted by Gasteiger charge is 2.24. The second-order valence-electron chi connectivity index (χ2n) is 4.83. The molecule has 1 saturated heterocycles. The summed E-state index contributed by atoms with van der Waals surface area (Å²) < 4.78 is 5.00. The van der Waals surface area contributed by atoms with Crippen LogP contribution in [-0.4, -0.2) is 12.6 Å². The van der Waals surface area contributed by atoms with Crippen molar-refractivity contribution in [2.45, 2.75) is 33.6 Å². The lowest BCUT2D eigenvalue weighted by Gasteiger charge is -2.13. The van der Waals surface area contributed by atoms with Crippen LogP contribution in [0.3, 0.4) is 0 Å². The van der Waals surface area contributed by atoms with Crippen molar-refractivity contribution in [2.75, 3.05) is 6.61 Å². The number of hydrogen-bond acceptors (Lipinski definition) is 2. The second-order valence-corrected chi connectivity index (χ2v) is 4.83. The monoisotopic (exact) mass is 218 g/mol. The van der Waals surface area contributed by atoms with E-state index < -0.39 is 0 Å². The molecule has 0 radical (unpaired) electrons. The molecule has 1 aliphatic rings. The van der Waals surface area contributed by atoms with Crippen molar-refractivity contribution in [2.24, 2.45) is 5.92 Å². The van der Waals surface area contributed by atoms with Crippen LogP contribution < -0.4 is 0 Å². The molecule has 0 saturated carbocycles. The van der Waals surface area contributed by atoms with E-state index in [0.29, 0.717) is 18.9 Å². The minimum Gasteiger partial charge on any atom is -0.465 e. The summed E-state index contributed by atoms with van der Waals surface area (Å²) in [6.45, 7) is 7.00. The van der Waals surface area contributed by atoms with E-state index in [1.807, 2.05) is 0 Å². The van der Waals surface area contributed by atoms with Crippen molar-refractivity contribution in [3.63, 3.8) is 0 Å². The highest BCUT2D eigenvalue weighted by molar-refractivity contribution is 5.71. The van der Waals surface area contributed by atoms with Crippen LogP contribution in [0.25, 0.3) is 0 Å². The zero-order valence-electron chi connectivity index (χ0n) is 10.2. The molecule has 0 unspecified atom stereocenters. The molecular formula is C14H18O2. The average molecular weight is 218 g/mol. The van der Waals surface area contributed by atoms with Crippen LogP contribution in [0.15, 0.2) is 12.1 Å². The fraction of sp³-hybridized carbons (Fsp3) is 0.500. The summed E-state index contributed by atoms with van der Waals surface area (Å²) >= 11 is 0. The van der Waals surface area contributed by atoms with Crippen LogP contribution in [0.2, 0.25) is 0 Å². The molecule has 0 amide bonds. The first kappa shape index (κ1) is 11.2. The molecule has 0 aliphatic carbocycles. The van der Waals surface area contributed by atoms with E-state index in [-0.39, 0.29) is 5.97 Å². The molecule has 16 heavy (non-hydrogen) atoms. The molecule has 1 aromatic carbocycles. The van der Waals surface area contributed by atoms with Crippen LogP contribution >= 0.6 is 0 Å². The van der Waals surface area contributed by atoms with Gasteiger partial charge in [-0.3, -0.25) is 4.79 Å². The Morgan fingerprint density at radius 3 is 2.38 bits per heavy atom. The highest BCUT2D eigenvalue weighted by Crippen LogP contribution is 2.24. The van der Waals surface area contributed by atoms with E-state index in [1.165, 1.54) is 22.3 Å². The van der Waals surface area contributed by atoms with Crippen LogP contribution in [0.5, 0.6) is 0 Å². The summed E-state index contributed by atoms with van der Waals surface area (Å²) in [5, 5.41) is 0. The predicted octanol–water partition coefficient (Wildman–Crippen LogP) is 2.72. The van der Waals surface area contributed by atoms with Gasteiger partial charge in [0.1, 0.15) is 0 Å². The summed E-state index contributed by atoms with van der Waals surface area (Å²) in [6.07, 6.45) is 1.54. The van der Waals surface area contributed by atoms with Crippen LogP contribution in [0, 0.1) is 26.7 Å². The molecule has 1 heterocycles. The summed E-state index contributed by atoms with van der Waals surface area (Å²) in [7, 11) is 0. The van der Waals surface area contributed by atoms with Crippen molar-refractivity contribution in [3.8, 4) is 0 Å². The van der Waals surface area contributed by atoms with E-state index >= 15 is 0 Å². The molecule has 86 valence electrons. The largest absolute Gasteiger partial charge is 0.465 e. The van der Waals surface area contributed by atoms with Crippen LogP contribution in [0.4, 0.5) is 0 Å². The zero-order chi connectivity index (χ0) is 11.7. The number of hydrogen-bond donors (Lipinski definition) is 0. The Balaban J connectivity index is 2.18. The molecule has 2 heteroatoms. The number of rotatable bonds is 2. The maximum absolute atomic E-state index is 11.0. The highest BCUT2D eigenvalue weighted by atomic mass is 16.5. The smallest absolute Gasteiger partial charge is 0.306 e. The number of ether oxygens (including phenoxy) is 1. The number of aryl methyl sites for hydroxylation is 3. The predicted molar refractivity (Wildman–Crippen MR) is 63.4 cm³/mol. The number of benzene rings is 1. The van der Waals surface area contributed by atoms with E-state index in [4.69, 9.17) is 4.74 Å². The SMILES string of the molecule is Cc1cc(C)c(C[C@H]2COC(=O)C2)c(C)c1.